The van der Waals surface area contributed by atoms with E-state index in [2.05, 4.69) is 25.9 Å². The largest absolute Gasteiger partial charge is 0.214 e. The van der Waals surface area contributed by atoms with E-state index in [0.717, 1.165) is 4.88 Å². The minimum atomic E-state index is 0.327. The molecule has 0 aliphatic rings. The minimum absolute atomic E-state index is 0.327. The van der Waals surface area contributed by atoms with Crippen molar-refractivity contribution >= 4 is 50.5 Å². The van der Waals surface area contributed by atoms with Gasteiger partial charge in [-0.3, -0.25) is 0 Å². The molecule has 0 radical (unpaired) electrons. The minimum Gasteiger partial charge on any atom is -0.214 e. The van der Waals surface area contributed by atoms with Crippen LogP contribution in [0.4, 0.5) is 0 Å². The Balaban J connectivity index is 2.57. The number of nitrogens with zero attached hydrogens (tertiary/aromatic N) is 2. The fourth-order valence-corrected chi connectivity index (χ4v) is 2.13. The molecule has 0 aliphatic carbocycles. The molecule has 0 atom stereocenters. The van der Waals surface area contributed by atoms with Crippen molar-refractivity contribution in [2.45, 2.75) is 0 Å². The molecule has 0 amide bonds. The highest BCUT2D eigenvalue weighted by Gasteiger charge is 2.10. The van der Waals surface area contributed by atoms with Gasteiger partial charge in [0.1, 0.15) is 10.3 Å². The molecule has 0 bridgehead atoms. The zero-order chi connectivity index (χ0) is 10.1. The summed E-state index contributed by atoms with van der Waals surface area (Å²) < 4.78 is 0.529. The highest BCUT2D eigenvalue weighted by Crippen LogP contribution is 2.31. The van der Waals surface area contributed by atoms with Gasteiger partial charge in [-0.1, -0.05) is 29.3 Å². The summed E-state index contributed by atoms with van der Waals surface area (Å²) in [5, 5.41) is 2.60. The van der Waals surface area contributed by atoms with Crippen molar-refractivity contribution in [1.29, 1.82) is 0 Å². The SMILES string of the molecule is Clc1nc(-c2cccs2)nc(Cl)c1Br. The number of hydrogen-bond donors (Lipinski definition) is 0. The molecule has 6 heteroatoms. The molecule has 2 rings (SSSR count). The molecule has 2 nitrogen and oxygen atoms in total. The van der Waals surface area contributed by atoms with Crippen LogP contribution >= 0.6 is 50.5 Å². The second kappa shape index (κ2) is 4.14. The highest BCUT2D eigenvalue weighted by molar-refractivity contribution is 9.10. The van der Waals surface area contributed by atoms with Crippen LogP contribution in [0.3, 0.4) is 0 Å². The van der Waals surface area contributed by atoms with Gasteiger partial charge in [0, 0.05) is 0 Å². The first-order valence-corrected chi connectivity index (χ1v) is 6.04. The van der Waals surface area contributed by atoms with Crippen LogP contribution in [0.5, 0.6) is 0 Å². The zero-order valence-electron chi connectivity index (χ0n) is 6.67. The van der Waals surface area contributed by atoms with E-state index in [0.29, 0.717) is 20.6 Å². The van der Waals surface area contributed by atoms with Crippen molar-refractivity contribution in [1.82, 2.24) is 9.97 Å². The summed E-state index contributed by atoms with van der Waals surface area (Å²) in [5.41, 5.74) is 0. The van der Waals surface area contributed by atoms with Gasteiger partial charge in [-0.2, -0.15) is 0 Å². The Bertz CT molecular complexity index is 435. The normalized spacial score (nSPS) is 10.5. The van der Waals surface area contributed by atoms with Crippen molar-refractivity contribution in [3.63, 3.8) is 0 Å². The van der Waals surface area contributed by atoms with Gasteiger partial charge in [-0.15, -0.1) is 11.3 Å². The van der Waals surface area contributed by atoms with Crippen LogP contribution in [0.2, 0.25) is 10.3 Å². The van der Waals surface area contributed by atoms with Gasteiger partial charge in [0.15, 0.2) is 5.82 Å². The van der Waals surface area contributed by atoms with Gasteiger partial charge in [0.25, 0.3) is 0 Å². The molecule has 14 heavy (non-hydrogen) atoms. The van der Waals surface area contributed by atoms with Crippen LogP contribution in [0.15, 0.2) is 22.0 Å². The number of hydrogen-bond acceptors (Lipinski definition) is 3. The Morgan fingerprint density at radius 2 is 1.86 bits per heavy atom. The topological polar surface area (TPSA) is 25.8 Å². The Labute approximate surface area is 103 Å². The second-order valence-corrected chi connectivity index (χ2v) is 4.88. The molecule has 2 aromatic heterocycles. The predicted molar refractivity (Wildman–Crippen MR) is 63.1 cm³/mol. The maximum atomic E-state index is 5.86. The Hall–Kier alpha value is -0.160. The molecule has 0 spiro atoms. The Kier molecular flexibility index (Phi) is 3.07. The fraction of sp³-hybridized carbons (Fsp3) is 0. The summed E-state index contributed by atoms with van der Waals surface area (Å²) in [6, 6.07) is 3.84. The standard InChI is InChI=1S/C8H3BrCl2N2S/c9-5-6(10)12-8(13-7(5)11)4-2-1-3-14-4/h1-3H. The summed E-state index contributed by atoms with van der Waals surface area (Å²) in [6.45, 7) is 0. The maximum absolute atomic E-state index is 5.86. The number of aromatic nitrogens is 2. The lowest BCUT2D eigenvalue weighted by atomic mass is 10.4. The van der Waals surface area contributed by atoms with Gasteiger partial charge < -0.3 is 0 Å². The van der Waals surface area contributed by atoms with E-state index in [1.807, 2.05) is 17.5 Å². The van der Waals surface area contributed by atoms with E-state index in [1.165, 1.54) is 0 Å². The lowest BCUT2D eigenvalue weighted by molar-refractivity contribution is 1.17. The van der Waals surface area contributed by atoms with Crippen LogP contribution < -0.4 is 0 Å². The lowest BCUT2D eigenvalue weighted by Crippen LogP contribution is -1.89. The van der Waals surface area contributed by atoms with E-state index < -0.39 is 0 Å². The van der Waals surface area contributed by atoms with Crippen molar-refractivity contribution in [2.24, 2.45) is 0 Å². The summed E-state index contributed by atoms with van der Waals surface area (Å²) in [7, 11) is 0. The van der Waals surface area contributed by atoms with Crippen molar-refractivity contribution in [2.75, 3.05) is 0 Å². The van der Waals surface area contributed by atoms with Gasteiger partial charge in [0.05, 0.1) is 9.35 Å². The summed E-state index contributed by atoms with van der Waals surface area (Å²) in [5.74, 6) is 0.554. The van der Waals surface area contributed by atoms with Crippen LogP contribution in [0, 0.1) is 0 Å². The zero-order valence-corrected chi connectivity index (χ0v) is 10.6. The van der Waals surface area contributed by atoms with E-state index in [4.69, 9.17) is 23.2 Å². The lowest BCUT2D eigenvalue weighted by Gasteiger charge is -2.00. The maximum Gasteiger partial charge on any atom is 0.172 e. The van der Waals surface area contributed by atoms with E-state index in [1.54, 1.807) is 11.3 Å². The molecule has 2 heterocycles. The molecule has 0 unspecified atom stereocenters. The molecule has 0 N–H and O–H groups in total. The average molecular weight is 310 g/mol. The molecule has 0 fully saturated rings. The van der Waals surface area contributed by atoms with E-state index >= 15 is 0 Å². The van der Waals surface area contributed by atoms with Gasteiger partial charge >= 0.3 is 0 Å². The first kappa shape index (κ1) is 10.4. The molecule has 72 valence electrons. The van der Waals surface area contributed by atoms with Crippen LogP contribution in [-0.2, 0) is 0 Å². The molecule has 0 aliphatic heterocycles. The summed E-state index contributed by atoms with van der Waals surface area (Å²) in [4.78, 5) is 9.16. The van der Waals surface area contributed by atoms with Crippen molar-refractivity contribution < 1.29 is 0 Å². The van der Waals surface area contributed by atoms with Crippen LogP contribution in [0.1, 0.15) is 0 Å². The molecule has 0 saturated carbocycles. The van der Waals surface area contributed by atoms with Crippen molar-refractivity contribution in [3.8, 4) is 10.7 Å². The van der Waals surface area contributed by atoms with Crippen molar-refractivity contribution in [3.05, 3.63) is 32.3 Å². The quantitative estimate of drug-likeness (QED) is 0.735. The third kappa shape index (κ3) is 1.93. The second-order valence-electron chi connectivity index (χ2n) is 2.42. The number of thiophene rings is 1. The molecular weight excluding hydrogens is 307 g/mol. The van der Waals surface area contributed by atoms with E-state index in [-0.39, 0.29) is 0 Å². The van der Waals surface area contributed by atoms with Gasteiger partial charge in [-0.05, 0) is 27.4 Å². The summed E-state index contributed by atoms with van der Waals surface area (Å²) in [6.07, 6.45) is 0. The smallest absolute Gasteiger partial charge is 0.172 e. The predicted octanol–water partition coefficient (Wildman–Crippen LogP) is 4.27. The molecular formula is C8H3BrCl2N2S. The molecule has 0 aromatic carbocycles. The molecule has 0 saturated heterocycles. The van der Waals surface area contributed by atoms with Crippen LogP contribution in [-0.4, -0.2) is 9.97 Å². The van der Waals surface area contributed by atoms with Crippen LogP contribution in [0.25, 0.3) is 10.7 Å². The Morgan fingerprint density at radius 1 is 1.21 bits per heavy atom. The van der Waals surface area contributed by atoms with Gasteiger partial charge in [0.2, 0.25) is 0 Å². The monoisotopic (exact) mass is 308 g/mol. The summed E-state index contributed by atoms with van der Waals surface area (Å²) >= 11 is 16.4. The third-order valence-electron chi connectivity index (χ3n) is 1.51. The van der Waals surface area contributed by atoms with E-state index in [9.17, 15) is 0 Å². The number of rotatable bonds is 1. The third-order valence-corrected chi connectivity index (χ3v) is 4.13. The first-order chi connectivity index (χ1) is 6.68. The first-order valence-electron chi connectivity index (χ1n) is 3.61. The molecule has 2 aromatic rings. The van der Waals surface area contributed by atoms with Gasteiger partial charge in [-0.25, -0.2) is 9.97 Å². The Morgan fingerprint density at radius 3 is 2.36 bits per heavy atom. The highest BCUT2D eigenvalue weighted by atomic mass is 79.9. The fourth-order valence-electron chi connectivity index (χ4n) is 0.910. The average Bonchev–Trinajstić information content (AvgIpc) is 2.66. The number of halogens is 3.